The lowest BCUT2D eigenvalue weighted by molar-refractivity contribution is -0.121. The van der Waals surface area contributed by atoms with Gasteiger partial charge in [-0.05, 0) is 80.1 Å². The molecule has 4 rings (SSSR count). The Kier molecular flexibility index (Phi) is 7.43. The molecule has 2 aromatic rings. The van der Waals surface area contributed by atoms with E-state index in [1.807, 2.05) is 12.1 Å². The molecule has 2 N–H and O–H groups in total. The molecular formula is C26H31NO5. The van der Waals surface area contributed by atoms with Crippen LogP contribution in [0.25, 0.3) is 0 Å². The standard InChI is InChI=1S/C26H31NO5/c28-25-3-1-2-19(25)13-15-31-22-8-4-18(5-9-22)24-12-14-27-16-21(24)17-32-23-10-6-20(7-11-23)26(29)30/h4-11,19,21,24,27H,1-3,12-17H2,(H,29,30)/t19?,21-,24-/m0/s1. The van der Waals surface area contributed by atoms with E-state index in [1.54, 1.807) is 24.3 Å². The number of carboxylic acid groups (broad SMARTS) is 1. The van der Waals surface area contributed by atoms with E-state index in [1.165, 1.54) is 5.56 Å². The SMILES string of the molecule is O=C(O)c1ccc(OC[C@@H]2CNCC[C@H]2c2ccc(OCCC3CCCC3=O)cc2)cc1. The number of hydrogen-bond donors (Lipinski definition) is 2. The summed E-state index contributed by atoms with van der Waals surface area (Å²) in [6.45, 7) is 3.01. The van der Waals surface area contributed by atoms with Gasteiger partial charge in [-0.3, -0.25) is 4.79 Å². The third-order valence-corrected chi connectivity index (χ3v) is 6.65. The van der Waals surface area contributed by atoms with E-state index in [9.17, 15) is 9.59 Å². The Morgan fingerprint density at radius 1 is 1.00 bits per heavy atom. The predicted molar refractivity (Wildman–Crippen MR) is 122 cm³/mol. The average molecular weight is 438 g/mol. The topological polar surface area (TPSA) is 84.9 Å². The van der Waals surface area contributed by atoms with Crippen LogP contribution in [0, 0.1) is 11.8 Å². The zero-order chi connectivity index (χ0) is 22.3. The first kappa shape index (κ1) is 22.3. The van der Waals surface area contributed by atoms with Gasteiger partial charge in [0.25, 0.3) is 0 Å². The van der Waals surface area contributed by atoms with Gasteiger partial charge in [0.15, 0.2) is 0 Å². The molecule has 0 aromatic heterocycles. The molecule has 170 valence electrons. The van der Waals surface area contributed by atoms with Gasteiger partial charge in [-0.25, -0.2) is 4.79 Å². The van der Waals surface area contributed by atoms with Crippen LogP contribution in [0.15, 0.2) is 48.5 Å². The fourth-order valence-electron chi connectivity index (χ4n) is 4.76. The maximum atomic E-state index is 11.8. The minimum absolute atomic E-state index is 0.185. The Hall–Kier alpha value is -2.86. The molecule has 32 heavy (non-hydrogen) atoms. The molecule has 0 bridgehead atoms. The van der Waals surface area contributed by atoms with E-state index in [0.717, 1.165) is 50.9 Å². The van der Waals surface area contributed by atoms with Crippen LogP contribution >= 0.6 is 0 Å². The van der Waals surface area contributed by atoms with Crippen molar-refractivity contribution in [3.8, 4) is 11.5 Å². The highest BCUT2D eigenvalue weighted by molar-refractivity contribution is 5.87. The van der Waals surface area contributed by atoms with Crippen molar-refractivity contribution in [2.75, 3.05) is 26.3 Å². The van der Waals surface area contributed by atoms with Crippen LogP contribution < -0.4 is 14.8 Å². The second-order valence-electron chi connectivity index (χ2n) is 8.76. The van der Waals surface area contributed by atoms with Gasteiger partial charge in [-0.2, -0.15) is 0 Å². The lowest BCUT2D eigenvalue weighted by Gasteiger charge is -2.32. The molecule has 6 nitrogen and oxygen atoms in total. The van der Waals surface area contributed by atoms with E-state index in [-0.39, 0.29) is 11.5 Å². The number of ketones is 1. The third kappa shape index (κ3) is 5.68. The summed E-state index contributed by atoms with van der Waals surface area (Å²) in [4.78, 5) is 22.8. The van der Waals surface area contributed by atoms with Crippen LogP contribution in [0.3, 0.4) is 0 Å². The summed E-state index contributed by atoms with van der Waals surface area (Å²) in [5.74, 6) is 1.88. The predicted octanol–water partition coefficient (Wildman–Crippen LogP) is 4.30. The smallest absolute Gasteiger partial charge is 0.335 e. The Morgan fingerprint density at radius 2 is 1.72 bits per heavy atom. The Balaban J connectivity index is 1.30. The van der Waals surface area contributed by atoms with Gasteiger partial charge < -0.3 is 19.9 Å². The van der Waals surface area contributed by atoms with Crippen molar-refractivity contribution >= 4 is 11.8 Å². The monoisotopic (exact) mass is 437 g/mol. The molecule has 1 aliphatic carbocycles. The quantitative estimate of drug-likeness (QED) is 0.609. The molecule has 0 radical (unpaired) electrons. The number of carbonyl (C=O) groups is 2. The highest BCUT2D eigenvalue weighted by Gasteiger charge is 2.27. The number of piperidine rings is 1. The van der Waals surface area contributed by atoms with Gasteiger partial charge in [-0.15, -0.1) is 0 Å². The third-order valence-electron chi connectivity index (χ3n) is 6.65. The number of carboxylic acids is 1. The van der Waals surface area contributed by atoms with Crippen molar-refractivity contribution < 1.29 is 24.2 Å². The maximum Gasteiger partial charge on any atom is 0.335 e. The normalized spacial score (nSPS) is 23.1. The van der Waals surface area contributed by atoms with Crippen LogP contribution in [0.1, 0.15) is 53.9 Å². The van der Waals surface area contributed by atoms with Crippen LogP contribution in [-0.4, -0.2) is 43.2 Å². The molecule has 1 aliphatic heterocycles. The van der Waals surface area contributed by atoms with Crippen molar-refractivity contribution in [3.05, 3.63) is 59.7 Å². The Morgan fingerprint density at radius 3 is 2.41 bits per heavy atom. The first-order valence-corrected chi connectivity index (χ1v) is 11.5. The van der Waals surface area contributed by atoms with Gasteiger partial charge >= 0.3 is 5.97 Å². The summed E-state index contributed by atoms with van der Waals surface area (Å²) in [6.07, 6.45) is 4.60. The fourth-order valence-corrected chi connectivity index (χ4v) is 4.76. The minimum atomic E-state index is -0.937. The lowest BCUT2D eigenvalue weighted by Crippen LogP contribution is -2.38. The molecule has 1 saturated heterocycles. The molecule has 0 amide bonds. The Labute approximate surface area is 188 Å². The highest BCUT2D eigenvalue weighted by Crippen LogP contribution is 2.32. The van der Waals surface area contributed by atoms with Crippen LogP contribution in [0.5, 0.6) is 11.5 Å². The van der Waals surface area contributed by atoms with Crippen LogP contribution in [0.4, 0.5) is 0 Å². The molecule has 2 aromatic carbocycles. The zero-order valence-electron chi connectivity index (χ0n) is 18.3. The van der Waals surface area contributed by atoms with Gasteiger partial charge in [0.05, 0.1) is 18.8 Å². The highest BCUT2D eigenvalue weighted by atomic mass is 16.5. The molecule has 1 heterocycles. The summed E-state index contributed by atoms with van der Waals surface area (Å²) in [6, 6.07) is 14.9. The molecule has 3 atom stereocenters. The molecule has 1 unspecified atom stereocenters. The number of rotatable bonds is 9. The number of hydrogen-bond acceptors (Lipinski definition) is 5. The minimum Gasteiger partial charge on any atom is -0.494 e. The number of nitrogens with one attached hydrogen (secondary N) is 1. The number of ether oxygens (including phenoxy) is 2. The first-order valence-electron chi connectivity index (χ1n) is 11.5. The van der Waals surface area contributed by atoms with Crippen molar-refractivity contribution in [3.63, 3.8) is 0 Å². The van der Waals surface area contributed by atoms with Crippen LogP contribution in [-0.2, 0) is 4.79 Å². The molecular weight excluding hydrogens is 406 g/mol. The zero-order valence-corrected chi connectivity index (χ0v) is 18.3. The second kappa shape index (κ2) is 10.6. The number of carbonyl (C=O) groups excluding carboxylic acids is 1. The fraction of sp³-hybridized carbons (Fsp3) is 0.462. The van der Waals surface area contributed by atoms with Crippen molar-refractivity contribution in [1.82, 2.24) is 5.32 Å². The molecule has 2 aliphatic rings. The lowest BCUT2D eigenvalue weighted by atomic mass is 9.81. The van der Waals surface area contributed by atoms with E-state index >= 15 is 0 Å². The van der Waals surface area contributed by atoms with Gasteiger partial charge in [0, 0.05) is 24.8 Å². The van der Waals surface area contributed by atoms with Crippen molar-refractivity contribution in [2.45, 2.75) is 38.0 Å². The van der Waals surface area contributed by atoms with Gasteiger partial charge in [-0.1, -0.05) is 12.1 Å². The number of benzene rings is 2. The van der Waals surface area contributed by atoms with Gasteiger partial charge in [0.2, 0.25) is 0 Å². The van der Waals surface area contributed by atoms with Crippen molar-refractivity contribution in [1.29, 1.82) is 0 Å². The van der Waals surface area contributed by atoms with E-state index in [4.69, 9.17) is 14.6 Å². The number of aromatic carboxylic acids is 1. The number of Topliss-reactive ketones (excluding diaryl/α,β-unsaturated/α-hetero) is 1. The Bertz CT molecular complexity index is 909. The molecule has 1 saturated carbocycles. The largest absolute Gasteiger partial charge is 0.494 e. The van der Waals surface area contributed by atoms with Gasteiger partial charge in [0.1, 0.15) is 17.3 Å². The summed E-state index contributed by atoms with van der Waals surface area (Å²) >= 11 is 0. The van der Waals surface area contributed by atoms with Crippen LogP contribution in [0.2, 0.25) is 0 Å². The van der Waals surface area contributed by atoms with E-state index < -0.39 is 5.97 Å². The summed E-state index contributed by atoms with van der Waals surface area (Å²) in [5.41, 5.74) is 1.53. The molecule has 2 fully saturated rings. The maximum absolute atomic E-state index is 11.8. The average Bonchev–Trinajstić information content (AvgIpc) is 3.23. The van der Waals surface area contributed by atoms with Crippen molar-refractivity contribution in [2.24, 2.45) is 11.8 Å². The molecule has 0 spiro atoms. The second-order valence-corrected chi connectivity index (χ2v) is 8.76. The summed E-state index contributed by atoms with van der Waals surface area (Å²) in [7, 11) is 0. The molecule has 6 heteroatoms. The van der Waals surface area contributed by atoms with E-state index in [2.05, 4.69) is 17.4 Å². The van der Waals surface area contributed by atoms with E-state index in [0.29, 0.717) is 36.6 Å². The summed E-state index contributed by atoms with van der Waals surface area (Å²) < 4.78 is 11.9. The first-order chi connectivity index (χ1) is 15.6. The summed E-state index contributed by atoms with van der Waals surface area (Å²) in [5, 5.41) is 12.5.